The summed E-state index contributed by atoms with van der Waals surface area (Å²) < 4.78 is 28.6. The molecule has 0 aliphatic rings. The molecule has 0 radical (unpaired) electrons. The van der Waals surface area contributed by atoms with E-state index in [2.05, 4.69) is 9.71 Å². The first kappa shape index (κ1) is 15.6. The van der Waals surface area contributed by atoms with Crippen LogP contribution < -0.4 is 10.5 Å². The van der Waals surface area contributed by atoms with Crippen molar-refractivity contribution in [1.29, 1.82) is 0 Å². The predicted octanol–water partition coefficient (Wildman–Crippen LogP) is 0.690. The highest BCUT2D eigenvalue weighted by Gasteiger charge is 2.13. The number of benzene rings is 1. The molecule has 0 aliphatic carbocycles. The Morgan fingerprint density at radius 2 is 2.05 bits per heavy atom. The number of thiocarbonyl (C=S) groups is 1. The Kier molecular flexibility index (Phi) is 5.05. The van der Waals surface area contributed by atoms with Crippen molar-refractivity contribution in [2.45, 2.75) is 17.9 Å². The van der Waals surface area contributed by atoms with Crippen LogP contribution in [-0.4, -0.2) is 29.5 Å². The van der Waals surface area contributed by atoms with Gasteiger partial charge in [-0.3, -0.25) is 0 Å². The lowest BCUT2D eigenvalue weighted by Crippen LogP contribution is -2.27. The van der Waals surface area contributed by atoms with Gasteiger partial charge < -0.3 is 10.3 Å². The monoisotopic (exact) mass is 324 g/mol. The summed E-state index contributed by atoms with van der Waals surface area (Å²) in [6.45, 7) is 0.825. The molecule has 0 bridgehead atoms. The van der Waals surface area contributed by atoms with E-state index < -0.39 is 10.0 Å². The highest BCUT2D eigenvalue weighted by atomic mass is 32.2. The average molecular weight is 324 g/mol. The highest BCUT2D eigenvalue weighted by molar-refractivity contribution is 7.89. The Labute approximate surface area is 129 Å². The van der Waals surface area contributed by atoms with Gasteiger partial charge in [-0.25, -0.2) is 18.1 Å². The summed E-state index contributed by atoms with van der Waals surface area (Å²) >= 11 is 4.82. The van der Waals surface area contributed by atoms with Crippen molar-refractivity contribution >= 4 is 27.2 Å². The molecule has 0 saturated carbocycles. The van der Waals surface area contributed by atoms with Crippen molar-refractivity contribution in [2.75, 3.05) is 6.54 Å². The maximum absolute atomic E-state index is 12.1. The number of nitrogens with two attached hydrogens (primary N) is 1. The number of rotatable bonds is 7. The van der Waals surface area contributed by atoms with Gasteiger partial charge in [0.25, 0.3) is 0 Å². The molecule has 0 amide bonds. The van der Waals surface area contributed by atoms with Gasteiger partial charge in [-0.1, -0.05) is 24.4 Å². The molecule has 21 heavy (non-hydrogen) atoms. The molecule has 8 heteroatoms. The van der Waals surface area contributed by atoms with Gasteiger partial charge in [0.2, 0.25) is 10.0 Å². The summed E-state index contributed by atoms with van der Waals surface area (Å²) in [4.78, 5) is 4.49. The van der Waals surface area contributed by atoms with Gasteiger partial charge in [-0.15, -0.1) is 0 Å². The van der Waals surface area contributed by atoms with Crippen LogP contribution >= 0.6 is 12.2 Å². The minimum Gasteiger partial charge on any atom is -0.393 e. The maximum Gasteiger partial charge on any atom is 0.240 e. The first-order valence-electron chi connectivity index (χ1n) is 6.30. The Hall–Kier alpha value is -1.77. The van der Waals surface area contributed by atoms with Crippen LogP contribution in [0.5, 0.6) is 0 Å². The summed E-state index contributed by atoms with van der Waals surface area (Å²) in [6, 6.07) is 6.52. The minimum atomic E-state index is -3.51. The SMILES string of the molecule is NC(=S)Cc1ccc(S(=O)(=O)NCCn2ccnc2)cc1. The van der Waals surface area contributed by atoms with E-state index in [-0.39, 0.29) is 4.90 Å². The topological polar surface area (TPSA) is 90.0 Å². The highest BCUT2D eigenvalue weighted by Crippen LogP contribution is 2.11. The third kappa shape index (κ3) is 4.62. The van der Waals surface area contributed by atoms with E-state index in [1.165, 1.54) is 0 Å². The van der Waals surface area contributed by atoms with Crippen LogP contribution in [0, 0.1) is 0 Å². The number of hydrogen-bond donors (Lipinski definition) is 2. The van der Waals surface area contributed by atoms with E-state index in [1.54, 1.807) is 47.6 Å². The fourth-order valence-electron chi connectivity index (χ4n) is 1.80. The summed E-state index contributed by atoms with van der Waals surface area (Å²) in [5.74, 6) is 0. The predicted molar refractivity (Wildman–Crippen MR) is 84.3 cm³/mol. The number of nitrogens with zero attached hydrogens (tertiary/aromatic N) is 2. The minimum absolute atomic E-state index is 0.222. The van der Waals surface area contributed by atoms with E-state index in [0.717, 1.165) is 5.56 Å². The van der Waals surface area contributed by atoms with Crippen molar-refractivity contribution in [1.82, 2.24) is 14.3 Å². The largest absolute Gasteiger partial charge is 0.393 e. The second kappa shape index (κ2) is 6.79. The molecule has 2 aromatic rings. The van der Waals surface area contributed by atoms with Crippen LogP contribution in [0.2, 0.25) is 0 Å². The Morgan fingerprint density at radius 1 is 1.33 bits per heavy atom. The second-order valence-electron chi connectivity index (χ2n) is 4.49. The summed E-state index contributed by atoms with van der Waals surface area (Å²) in [7, 11) is -3.51. The zero-order valence-corrected chi connectivity index (χ0v) is 12.9. The number of imidazole rings is 1. The van der Waals surface area contributed by atoms with Crippen LogP contribution in [-0.2, 0) is 23.0 Å². The zero-order valence-electron chi connectivity index (χ0n) is 11.3. The maximum atomic E-state index is 12.1. The molecule has 112 valence electrons. The summed E-state index contributed by atoms with van der Waals surface area (Å²) in [5, 5.41) is 0. The molecule has 1 heterocycles. The molecule has 0 spiro atoms. The van der Waals surface area contributed by atoms with Gasteiger partial charge in [-0.2, -0.15) is 0 Å². The molecular formula is C13H16N4O2S2. The molecule has 0 saturated heterocycles. The second-order valence-corrected chi connectivity index (χ2v) is 6.78. The lowest BCUT2D eigenvalue weighted by Gasteiger charge is -2.08. The fraction of sp³-hybridized carbons (Fsp3) is 0.231. The third-order valence-corrected chi connectivity index (χ3v) is 4.45. The van der Waals surface area contributed by atoms with Gasteiger partial charge in [-0.05, 0) is 17.7 Å². The van der Waals surface area contributed by atoms with Crippen molar-refractivity contribution in [3.63, 3.8) is 0 Å². The quantitative estimate of drug-likeness (QED) is 0.731. The van der Waals surface area contributed by atoms with Crippen molar-refractivity contribution in [2.24, 2.45) is 5.73 Å². The number of nitrogens with one attached hydrogen (secondary N) is 1. The van der Waals surface area contributed by atoms with E-state index in [1.807, 2.05) is 0 Å². The molecule has 0 unspecified atom stereocenters. The standard InChI is InChI=1S/C13H16N4O2S2/c14-13(20)9-11-1-3-12(4-2-11)21(18,19)16-6-8-17-7-5-15-10-17/h1-5,7,10,16H,6,8-9H2,(H2,14,20). The van der Waals surface area contributed by atoms with Gasteiger partial charge in [0.1, 0.15) is 0 Å². The molecule has 0 atom stereocenters. The molecule has 0 fully saturated rings. The number of hydrogen-bond acceptors (Lipinski definition) is 4. The zero-order chi connectivity index (χ0) is 15.3. The molecule has 6 nitrogen and oxygen atoms in total. The van der Waals surface area contributed by atoms with E-state index in [4.69, 9.17) is 18.0 Å². The molecule has 3 N–H and O–H groups in total. The lowest BCUT2D eigenvalue weighted by molar-refractivity contribution is 0.573. The fourth-order valence-corrected chi connectivity index (χ4v) is 2.99. The normalized spacial score (nSPS) is 11.4. The van der Waals surface area contributed by atoms with Crippen molar-refractivity contribution < 1.29 is 8.42 Å². The summed E-state index contributed by atoms with van der Waals surface area (Å²) in [5.41, 5.74) is 6.34. The van der Waals surface area contributed by atoms with Crippen LogP contribution in [0.15, 0.2) is 47.9 Å². The first-order chi connectivity index (χ1) is 9.97. The Bertz CT molecular complexity index is 694. The van der Waals surface area contributed by atoms with Crippen molar-refractivity contribution in [3.8, 4) is 0 Å². The molecule has 1 aromatic carbocycles. The van der Waals surface area contributed by atoms with E-state index in [9.17, 15) is 8.42 Å². The summed E-state index contributed by atoms with van der Waals surface area (Å²) in [6.07, 6.45) is 5.52. The van der Waals surface area contributed by atoms with E-state index in [0.29, 0.717) is 24.5 Å². The first-order valence-corrected chi connectivity index (χ1v) is 8.19. The van der Waals surface area contributed by atoms with Gasteiger partial charge in [0.05, 0.1) is 16.2 Å². The number of sulfonamides is 1. The molecule has 2 rings (SSSR count). The lowest BCUT2D eigenvalue weighted by atomic mass is 10.1. The van der Waals surface area contributed by atoms with Gasteiger partial charge in [0.15, 0.2) is 0 Å². The molecule has 1 aromatic heterocycles. The average Bonchev–Trinajstić information content (AvgIpc) is 2.91. The van der Waals surface area contributed by atoms with Gasteiger partial charge in [0, 0.05) is 31.9 Å². The van der Waals surface area contributed by atoms with Crippen LogP contribution in [0.4, 0.5) is 0 Å². The van der Waals surface area contributed by atoms with Crippen LogP contribution in [0.1, 0.15) is 5.56 Å². The Morgan fingerprint density at radius 3 is 2.62 bits per heavy atom. The Balaban J connectivity index is 1.96. The van der Waals surface area contributed by atoms with Crippen molar-refractivity contribution in [3.05, 3.63) is 48.5 Å². The van der Waals surface area contributed by atoms with Crippen LogP contribution in [0.25, 0.3) is 0 Å². The van der Waals surface area contributed by atoms with Crippen LogP contribution in [0.3, 0.4) is 0 Å². The number of aromatic nitrogens is 2. The molecule has 0 aliphatic heterocycles. The van der Waals surface area contributed by atoms with Gasteiger partial charge >= 0.3 is 0 Å². The third-order valence-electron chi connectivity index (χ3n) is 2.83. The smallest absolute Gasteiger partial charge is 0.240 e. The van der Waals surface area contributed by atoms with E-state index >= 15 is 0 Å². The molecular weight excluding hydrogens is 308 g/mol.